The fourth-order valence-corrected chi connectivity index (χ4v) is 4.15. The van der Waals surface area contributed by atoms with Gasteiger partial charge in [-0.05, 0) is 29.8 Å². The Hall–Kier alpha value is -2.25. The standard InChI is InChI=1S/C22H22ClN3O2S/c23-18-5-7-19(8-6-18)24-21(27)13-20-15-29-22(25-20)17-3-1-16(2-4-17)14-26-9-11-28-12-10-26/h1-8,15H,9-14H2,(H,24,27). The van der Waals surface area contributed by atoms with Crippen molar-refractivity contribution in [2.24, 2.45) is 0 Å². The van der Waals surface area contributed by atoms with E-state index in [0.717, 1.165) is 54.8 Å². The smallest absolute Gasteiger partial charge is 0.230 e. The van der Waals surface area contributed by atoms with Gasteiger partial charge < -0.3 is 10.1 Å². The van der Waals surface area contributed by atoms with E-state index in [4.69, 9.17) is 16.3 Å². The second-order valence-corrected chi connectivity index (χ2v) is 8.26. The van der Waals surface area contributed by atoms with Crippen LogP contribution < -0.4 is 5.32 Å². The lowest BCUT2D eigenvalue weighted by molar-refractivity contribution is -0.115. The summed E-state index contributed by atoms with van der Waals surface area (Å²) in [5.74, 6) is -0.0926. The maximum atomic E-state index is 12.3. The van der Waals surface area contributed by atoms with Crippen LogP contribution in [0.3, 0.4) is 0 Å². The molecule has 150 valence electrons. The van der Waals surface area contributed by atoms with Crippen molar-refractivity contribution < 1.29 is 9.53 Å². The molecule has 0 saturated carbocycles. The fraction of sp³-hybridized carbons (Fsp3) is 0.273. The molecule has 7 heteroatoms. The molecule has 4 rings (SSSR count). The first-order valence-electron chi connectivity index (χ1n) is 9.55. The molecule has 1 aliphatic rings. The maximum absolute atomic E-state index is 12.3. The number of anilines is 1. The van der Waals surface area contributed by atoms with Gasteiger partial charge in [0.05, 0.1) is 25.3 Å². The zero-order chi connectivity index (χ0) is 20.1. The first-order chi connectivity index (χ1) is 14.2. The lowest BCUT2D eigenvalue weighted by atomic mass is 10.1. The van der Waals surface area contributed by atoms with E-state index >= 15 is 0 Å². The van der Waals surface area contributed by atoms with Crippen molar-refractivity contribution in [2.75, 3.05) is 31.6 Å². The number of carbonyl (C=O) groups is 1. The van der Waals surface area contributed by atoms with Crippen LogP contribution in [0.1, 0.15) is 11.3 Å². The first-order valence-corrected chi connectivity index (χ1v) is 10.8. The third kappa shape index (κ3) is 5.64. The van der Waals surface area contributed by atoms with E-state index in [-0.39, 0.29) is 12.3 Å². The summed E-state index contributed by atoms with van der Waals surface area (Å²) in [4.78, 5) is 19.3. The van der Waals surface area contributed by atoms with Crippen LogP contribution in [0.5, 0.6) is 0 Å². The van der Waals surface area contributed by atoms with Crippen molar-refractivity contribution in [1.29, 1.82) is 0 Å². The molecule has 1 amide bonds. The number of rotatable bonds is 6. The minimum atomic E-state index is -0.0926. The molecule has 0 spiro atoms. The van der Waals surface area contributed by atoms with Crippen LogP contribution >= 0.6 is 22.9 Å². The van der Waals surface area contributed by atoms with Crippen LogP contribution in [-0.4, -0.2) is 42.1 Å². The number of hydrogen-bond donors (Lipinski definition) is 1. The van der Waals surface area contributed by atoms with E-state index in [1.165, 1.54) is 5.56 Å². The predicted molar refractivity (Wildman–Crippen MR) is 117 cm³/mol. The second-order valence-electron chi connectivity index (χ2n) is 6.96. The Morgan fingerprint density at radius 3 is 2.55 bits per heavy atom. The van der Waals surface area contributed by atoms with Gasteiger partial charge in [-0.25, -0.2) is 4.98 Å². The molecule has 0 aliphatic carbocycles. The molecule has 0 radical (unpaired) electrons. The van der Waals surface area contributed by atoms with Gasteiger partial charge in [-0.15, -0.1) is 11.3 Å². The highest BCUT2D eigenvalue weighted by Gasteiger charge is 2.12. The topological polar surface area (TPSA) is 54.5 Å². The van der Waals surface area contributed by atoms with Gasteiger partial charge in [-0.1, -0.05) is 35.9 Å². The Morgan fingerprint density at radius 2 is 1.83 bits per heavy atom. The van der Waals surface area contributed by atoms with Crippen LogP contribution in [0.15, 0.2) is 53.9 Å². The molecule has 1 N–H and O–H groups in total. The van der Waals surface area contributed by atoms with Gasteiger partial charge in [0.2, 0.25) is 5.91 Å². The number of hydrogen-bond acceptors (Lipinski definition) is 5. The number of ether oxygens (including phenoxy) is 1. The molecular formula is C22H22ClN3O2S. The van der Waals surface area contributed by atoms with Gasteiger partial charge in [-0.3, -0.25) is 9.69 Å². The van der Waals surface area contributed by atoms with Crippen molar-refractivity contribution in [3.8, 4) is 10.6 Å². The Balaban J connectivity index is 1.34. The lowest BCUT2D eigenvalue weighted by Crippen LogP contribution is -2.35. The zero-order valence-corrected chi connectivity index (χ0v) is 17.5. The average molecular weight is 428 g/mol. The molecule has 0 unspecified atom stereocenters. The zero-order valence-electron chi connectivity index (χ0n) is 15.9. The number of thiazole rings is 1. The quantitative estimate of drug-likeness (QED) is 0.630. The summed E-state index contributed by atoms with van der Waals surface area (Å²) in [6, 6.07) is 15.6. The van der Waals surface area contributed by atoms with Crippen LogP contribution in [0, 0.1) is 0 Å². The van der Waals surface area contributed by atoms with E-state index in [1.54, 1.807) is 35.6 Å². The highest BCUT2D eigenvalue weighted by atomic mass is 35.5. The summed E-state index contributed by atoms with van der Waals surface area (Å²) in [6.45, 7) is 4.53. The average Bonchev–Trinajstić information content (AvgIpc) is 3.19. The minimum absolute atomic E-state index is 0.0926. The van der Waals surface area contributed by atoms with Gasteiger partial charge >= 0.3 is 0 Å². The van der Waals surface area contributed by atoms with E-state index in [1.807, 2.05) is 5.38 Å². The predicted octanol–water partition coefficient (Wildman–Crippen LogP) is 4.48. The van der Waals surface area contributed by atoms with Crippen molar-refractivity contribution in [2.45, 2.75) is 13.0 Å². The fourth-order valence-electron chi connectivity index (χ4n) is 3.19. The summed E-state index contributed by atoms with van der Waals surface area (Å²) < 4.78 is 5.40. The molecule has 0 atom stereocenters. The Bertz CT molecular complexity index is 951. The molecule has 5 nitrogen and oxygen atoms in total. The van der Waals surface area contributed by atoms with Crippen LogP contribution in [-0.2, 0) is 22.5 Å². The van der Waals surface area contributed by atoms with E-state index in [0.29, 0.717) is 5.02 Å². The molecule has 2 heterocycles. The summed E-state index contributed by atoms with van der Waals surface area (Å²) in [7, 11) is 0. The minimum Gasteiger partial charge on any atom is -0.379 e. The number of carbonyl (C=O) groups excluding carboxylic acids is 1. The Labute approximate surface area is 179 Å². The lowest BCUT2D eigenvalue weighted by Gasteiger charge is -2.26. The number of nitrogens with one attached hydrogen (secondary N) is 1. The maximum Gasteiger partial charge on any atom is 0.230 e. The number of amides is 1. The van der Waals surface area contributed by atoms with Crippen molar-refractivity contribution >= 4 is 34.5 Å². The molecule has 0 bridgehead atoms. The van der Waals surface area contributed by atoms with Gasteiger partial charge in [0.1, 0.15) is 5.01 Å². The van der Waals surface area contributed by atoms with Crippen molar-refractivity contribution in [3.63, 3.8) is 0 Å². The molecule has 29 heavy (non-hydrogen) atoms. The number of halogens is 1. The van der Waals surface area contributed by atoms with Gasteiger partial charge in [0, 0.05) is 41.3 Å². The molecule has 3 aromatic rings. The summed E-state index contributed by atoms with van der Waals surface area (Å²) in [6.07, 6.45) is 0.244. The molecule has 1 saturated heterocycles. The summed E-state index contributed by atoms with van der Waals surface area (Å²) in [5, 5.41) is 6.38. The molecule has 1 aromatic heterocycles. The molecule has 1 aliphatic heterocycles. The Morgan fingerprint density at radius 1 is 1.10 bits per heavy atom. The third-order valence-electron chi connectivity index (χ3n) is 4.73. The van der Waals surface area contributed by atoms with Crippen molar-refractivity contribution in [1.82, 2.24) is 9.88 Å². The monoisotopic (exact) mass is 427 g/mol. The molecular weight excluding hydrogens is 406 g/mol. The van der Waals surface area contributed by atoms with Crippen LogP contribution in [0.4, 0.5) is 5.69 Å². The number of nitrogens with zero attached hydrogens (tertiary/aromatic N) is 2. The largest absolute Gasteiger partial charge is 0.379 e. The second kappa shape index (κ2) is 9.50. The SMILES string of the molecule is O=C(Cc1csc(-c2ccc(CN3CCOCC3)cc2)n1)Nc1ccc(Cl)cc1. The summed E-state index contributed by atoms with van der Waals surface area (Å²) >= 11 is 7.43. The molecule has 2 aromatic carbocycles. The Kier molecular flexibility index (Phi) is 6.56. The van der Waals surface area contributed by atoms with Crippen LogP contribution in [0.25, 0.3) is 10.6 Å². The van der Waals surface area contributed by atoms with Gasteiger partial charge in [0.15, 0.2) is 0 Å². The van der Waals surface area contributed by atoms with Crippen molar-refractivity contribution in [3.05, 3.63) is 70.2 Å². The van der Waals surface area contributed by atoms with E-state index in [9.17, 15) is 4.79 Å². The highest BCUT2D eigenvalue weighted by Crippen LogP contribution is 2.25. The third-order valence-corrected chi connectivity index (χ3v) is 5.92. The number of aromatic nitrogens is 1. The van der Waals surface area contributed by atoms with E-state index in [2.05, 4.69) is 39.5 Å². The van der Waals surface area contributed by atoms with Crippen LogP contribution in [0.2, 0.25) is 5.02 Å². The normalized spacial score (nSPS) is 14.7. The van der Waals surface area contributed by atoms with Gasteiger partial charge in [-0.2, -0.15) is 0 Å². The number of benzene rings is 2. The van der Waals surface area contributed by atoms with E-state index < -0.39 is 0 Å². The number of morpholine rings is 1. The molecule has 1 fully saturated rings. The highest BCUT2D eigenvalue weighted by molar-refractivity contribution is 7.13. The summed E-state index contributed by atoms with van der Waals surface area (Å²) in [5.41, 5.74) is 3.86. The first kappa shape index (κ1) is 20.0. The van der Waals surface area contributed by atoms with Gasteiger partial charge in [0.25, 0.3) is 0 Å².